The van der Waals surface area contributed by atoms with Crippen LogP contribution in [0.3, 0.4) is 0 Å². The number of benzene rings is 1. The van der Waals surface area contributed by atoms with Crippen LogP contribution in [0.25, 0.3) is 0 Å². The van der Waals surface area contributed by atoms with E-state index in [4.69, 9.17) is 0 Å². The van der Waals surface area contributed by atoms with Crippen molar-refractivity contribution >= 4 is 29.9 Å². The van der Waals surface area contributed by atoms with Crippen LogP contribution in [-0.4, -0.2) is 28.6 Å². The molecule has 5 nitrogen and oxygen atoms in total. The Kier molecular flexibility index (Phi) is 8.57. The van der Waals surface area contributed by atoms with Crippen LogP contribution < -0.4 is 10.6 Å². The Morgan fingerprint density at radius 3 is 2.55 bits per heavy atom. The summed E-state index contributed by atoms with van der Waals surface area (Å²) >= 11 is 0. The monoisotopic (exact) mass is 413 g/mol. The number of aromatic nitrogens is 2. The van der Waals surface area contributed by atoms with E-state index < -0.39 is 0 Å². The molecule has 0 aliphatic heterocycles. The number of nitrogens with zero attached hydrogens (tertiary/aromatic N) is 3. The normalized spacial score (nSPS) is 9.73. The van der Waals surface area contributed by atoms with Crippen LogP contribution in [0.2, 0.25) is 0 Å². The summed E-state index contributed by atoms with van der Waals surface area (Å²) in [6, 6.07) is 8.51. The third-order valence-corrected chi connectivity index (χ3v) is 3.02. The summed E-state index contributed by atoms with van der Waals surface area (Å²) in [7, 11) is 0. The summed E-state index contributed by atoms with van der Waals surface area (Å²) in [5.74, 6) is 0.861. The first-order chi connectivity index (χ1) is 10.3. The van der Waals surface area contributed by atoms with Gasteiger partial charge in [0.05, 0.1) is 12.9 Å². The van der Waals surface area contributed by atoms with Gasteiger partial charge in [-0.15, -0.1) is 24.0 Å². The third kappa shape index (κ3) is 6.05. The summed E-state index contributed by atoms with van der Waals surface area (Å²) in [6.45, 7) is 7.38. The molecule has 1 heterocycles. The molecule has 0 saturated carbocycles. The molecule has 1 aromatic carbocycles. The molecule has 2 aromatic rings. The summed E-state index contributed by atoms with van der Waals surface area (Å²) < 4.78 is 2.06. The molecule has 1 aromatic heterocycles. The van der Waals surface area contributed by atoms with Crippen molar-refractivity contribution in [2.75, 3.05) is 13.1 Å². The molecule has 0 amide bonds. The molecule has 0 aliphatic carbocycles. The van der Waals surface area contributed by atoms with E-state index in [-0.39, 0.29) is 24.0 Å². The van der Waals surface area contributed by atoms with Gasteiger partial charge in [0.25, 0.3) is 0 Å². The second-order valence-corrected chi connectivity index (χ2v) is 4.78. The molecule has 0 atom stereocenters. The average Bonchev–Trinajstić information content (AvgIpc) is 2.99. The number of imidazole rings is 1. The number of hydrogen-bond donors (Lipinski definition) is 2. The summed E-state index contributed by atoms with van der Waals surface area (Å²) in [6.07, 6.45) is 5.60. The predicted molar refractivity (Wildman–Crippen MR) is 102 cm³/mol. The second kappa shape index (κ2) is 10.2. The second-order valence-electron chi connectivity index (χ2n) is 4.78. The van der Waals surface area contributed by atoms with Crippen molar-refractivity contribution in [2.24, 2.45) is 4.99 Å². The van der Waals surface area contributed by atoms with Crippen LogP contribution in [0, 0.1) is 0 Å². The van der Waals surface area contributed by atoms with Gasteiger partial charge in [-0.3, -0.25) is 0 Å². The molecule has 0 bridgehead atoms. The van der Waals surface area contributed by atoms with Crippen molar-refractivity contribution in [1.82, 2.24) is 20.2 Å². The third-order valence-electron chi connectivity index (χ3n) is 3.02. The zero-order valence-corrected chi connectivity index (χ0v) is 15.5. The van der Waals surface area contributed by atoms with Gasteiger partial charge in [0.2, 0.25) is 0 Å². The van der Waals surface area contributed by atoms with E-state index in [9.17, 15) is 0 Å². The maximum Gasteiger partial charge on any atom is 0.191 e. The quantitative estimate of drug-likeness (QED) is 0.435. The van der Waals surface area contributed by atoms with E-state index in [1.54, 1.807) is 6.20 Å². The number of guanidine groups is 1. The van der Waals surface area contributed by atoms with Crippen LogP contribution in [-0.2, 0) is 13.1 Å². The van der Waals surface area contributed by atoms with Crippen molar-refractivity contribution in [3.8, 4) is 0 Å². The Morgan fingerprint density at radius 2 is 1.91 bits per heavy atom. The van der Waals surface area contributed by atoms with Gasteiger partial charge >= 0.3 is 0 Å². The summed E-state index contributed by atoms with van der Waals surface area (Å²) in [4.78, 5) is 8.65. The summed E-state index contributed by atoms with van der Waals surface area (Å²) in [5.41, 5.74) is 2.47. The highest BCUT2D eigenvalue weighted by Gasteiger charge is 1.99. The minimum Gasteiger partial charge on any atom is -0.357 e. The number of rotatable bonds is 6. The molecule has 22 heavy (non-hydrogen) atoms. The number of nitrogens with one attached hydrogen (secondary N) is 2. The van der Waals surface area contributed by atoms with Gasteiger partial charge in [-0.1, -0.05) is 24.3 Å². The lowest BCUT2D eigenvalue weighted by Crippen LogP contribution is -2.36. The first kappa shape index (κ1) is 18.5. The fourth-order valence-corrected chi connectivity index (χ4v) is 2.10. The molecule has 2 rings (SSSR count). The molecule has 0 spiro atoms. The van der Waals surface area contributed by atoms with Crippen molar-refractivity contribution in [1.29, 1.82) is 0 Å². The molecule has 0 unspecified atom stereocenters. The van der Waals surface area contributed by atoms with Crippen LogP contribution >= 0.6 is 24.0 Å². The van der Waals surface area contributed by atoms with Crippen molar-refractivity contribution in [3.05, 3.63) is 54.1 Å². The van der Waals surface area contributed by atoms with E-state index in [1.807, 2.05) is 12.5 Å². The molecule has 0 fully saturated rings. The lowest BCUT2D eigenvalue weighted by Gasteiger charge is -2.09. The van der Waals surface area contributed by atoms with Gasteiger partial charge in [-0.2, -0.15) is 0 Å². The molecular weight excluding hydrogens is 389 g/mol. The Hall–Kier alpha value is -1.57. The van der Waals surface area contributed by atoms with Crippen molar-refractivity contribution in [2.45, 2.75) is 26.9 Å². The van der Waals surface area contributed by atoms with Crippen LogP contribution in [0.5, 0.6) is 0 Å². The van der Waals surface area contributed by atoms with E-state index in [2.05, 4.69) is 63.3 Å². The van der Waals surface area contributed by atoms with Gasteiger partial charge in [0, 0.05) is 32.0 Å². The van der Waals surface area contributed by atoms with Gasteiger partial charge in [-0.05, 0) is 25.0 Å². The maximum absolute atomic E-state index is 4.59. The lowest BCUT2D eigenvalue weighted by molar-refractivity contribution is 0.794. The zero-order chi connectivity index (χ0) is 14.9. The SMILES string of the molecule is CCNC(=NCc1cccc(Cn2ccnc2)c1)NCC.I. The minimum absolute atomic E-state index is 0. The molecule has 120 valence electrons. The largest absolute Gasteiger partial charge is 0.357 e. The van der Waals surface area contributed by atoms with Crippen molar-refractivity contribution in [3.63, 3.8) is 0 Å². The number of hydrogen-bond acceptors (Lipinski definition) is 2. The molecule has 0 radical (unpaired) electrons. The summed E-state index contributed by atoms with van der Waals surface area (Å²) in [5, 5.41) is 6.46. The lowest BCUT2D eigenvalue weighted by atomic mass is 10.1. The van der Waals surface area contributed by atoms with E-state index in [0.717, 1.165) is 25.6 Å². The van der Waals surface area contributed by atoms with Crippen LogP contribution in [0.1, 0.15) is 25.0 Å². The first-order valence-corrected chi connectivity index (χ1v) is 7.37. The van der Waals surface area contributed by atoms with Gasteiger partial charge < -0.3 is 15.2 Å². The highest BCUT2D eigenvalue weighted by atomic mass is 127. The Bertz CT molecular complexity index is 558. The fraction of sp³-hybridized carbons (Fsp3) is 0.375. The zero-order valence-electron chi connectivity index (χ0n) is 13.1. The Morgan fingerprint density at radius 1 is 1.18 bits per heavy atom. The highest BCUT2D eigenvalue weighted by Crippen LogP contribution is 2.08. The highest BCUT2D eigenvalue weighted by molar-refractivity contribution is 14.0. The first-order valence-electron chi connectivity index (χ1n) is 7.37. The average molecular weight is 413 g/mol. The molecule has 0 saturated heterocycles. The number of aliphatic imine (C=N–C) groups is 1. The smallest absolute Gasteiger partial charge is 0.191 e. The Labute approximate surface area is 149 Å². The molecular formula is C16H24IN5. The molecule has 6 heteroatoms. The fourth-order valence-electron chi connectivity index (χ4n) is 2.10. The van der Waals surface area contributed by atoms with Crippen LogP contribution in [0.15, 0.2) is 48.0 Å². The van der Waals surface area contributed by atoms with Gasteiger partial charge in [-0.25, -0.2) is 9.98 Å². The number of halogens is 1. The predicted octanol–water partition coefficient (Wildman–Crippen LogP) is 2.62. The van der Waals surface area contributed by atoms with Gasteiger partial charge in [0.15, 0.2) is 5.96 Å². The van der Waals surface area contributed by atoms with E-state index in [1.165, 1.54) is 11.1 Å². The standard InChI is InChI=1S/C16H23N5.HI/c1-3-18-16(19-4-2)20-11-14-6-5-7-15(10-14)12-21-9-8-17-13-21;/h5-10,13H,3-4,11-12H2,1-2H3,(H2,18,19,20);1H. The molecule has 2 N–H and O–H groups in total. The topological polar surface area (TPSA) is 54.2 Å². The minimum atomic E-state index is 0. The van der Waals surface area contributed by atoms with Crippen LogP contribution in [0.4, 0.5) is 0 Å². The van der Waals surface area contributed by atoms with E-state index in [0.29, 0.717) is 6.54 Å². The molecule has 0 aliphatic rings. The van der Waals surface area contributed by atoms with Gasteiger partial charge in [0.1, 0.15) is 0 Å². The Balaban J connectivity index is 0.00000242. The maximum atomic E-state index is 4.59. The van der Waals surface area contributed by atoms with E-state index >= 15 is 0 Å². The van der Waals surface area contributed by atoms with Crippen molar-refractivity contribution < 1.29 is 0 Å².